The van der Waals surface area contributed by atoms with Gasteiger partial charge in [-0.3, -0.25) is 20.4 Å². The molecule has 2 amide bonds. The molecule has 0 heterocycles. The summed E-state index contributed by atoms with van der Waals surface area (Å²) in [6, 6.07) is 12.0. The SMILES string of the molecule is O=C(COC(=O)COc1cccc(C(F)(F)F)c1)NNC(=O)c1ccccc1. The summed E-state index contributed by atoms with van der Waals surface area (Å²) < 4.78 is 47.3. The Morgan fingerprint density at radius 3 is 2.29 bits per heavy atom. The third-order valence-corrected chi connectivity index (χ3v) is 3.23. The van der Waals surface area contributed by atoms with Gasteiger partial charge in [-0.1, -0.05) is 24.3 Å². The molecular weight excluding hydrogens is 381 g/mol. The van der Waals surface area contributed by atoms with Gasteiger partial charge in [0.25, 0.3) is 11.8 Å². The number of amides is 2. The van der Waals surface area contributed by atoms with Gasteiger partial charge in [0.05, 0.1) is 5.56 Å². The third kappa shape index (κ3) is 6.63. The van der Waals surface area contributed by atoms with Crippen LogP contribution in [-0.2, 0) is 20.5 Å². The van der Waals surface area contributed by atoms with Crippen molar-refractivity contribution in [2.24, 2.45) is 0 Å². The summed E-state index contributed by atoms with van der Waals surface area (Å²) in [5.74, 6) is -2.52. The Morgan fingerprint density at radius 2 is 1.61 bits per heavy atom. The molecule has 0 unspecified atom stereocenters. The maximum absolute atomic E-state index is 12.6. The second kappa shape index (κ2) is 9.40. The zero-order valence-corrected chi connectivity index (χ0v) is 14.3. The molecule has 2 N–H and O–H groups in total. The van der Waals surface area contributed by atoms with E-state index in [2.05, 4.69) is 15.6 Å². The number of benzene rings is 2. The highest BCUT2D eigenvalue weighted by molar-refractivity contribution is 5.95. The van der Waals surface area contributed by atoms with Crippen LogP contribution in [0.15, 0.2) is 54.6 Å². The molecule has 28 heavy (non-hydrogen) atoms. The molecule has 0 radical (unpaired) electrons. The van der Waals surface area contributed by atoms with Crippen molar-refractivity contribution in [3.05, 3.63) is 65.7 Å². The lowest BCUT2D eigenvalue weighted by Crippen LogP contribution is -2.43. The Morgan fingerprint density at radius 1 is 0.893 bits per heavy atom. The van der Waals surface area contributed by atoms with Crippen LogP contribution < -0.4 is 15.6 Å². The Balaban J connectivity index is 1.71. The minimum absolute atomic E-state index is 0.175. The van der Waals surface area contributed by atoms with Gasteiger partial charge < -0.3 is 9.47 Å². The summed E-state index contributed by atoms with van der Waals surface area (Å²) in [6.07, 6.45) is -4.54. The van der Waals surface area contributed by atoms with E-state index < -0.39 is 42.7 Å². The van der Waals surface area contributed by atoms with E-state index in [-0.39, 0.29) is 5.75 Å². The van der Waals surface area contributed by atoms with Crippen molar-refractivity contribution in [3.8, 4) is 5.75 Å². The maximum atomic E-state index is 12.6. The standard InChI is InChI=1S/C18H15F3N2O5/c19-18(20,21)13-7-4-8-14(9-13)27-11-16(25)28-10-15(24)22-23-17(26)12-5-2-1-3-6-12/h1-9H,10-11H2,(H,22,24)(H,23,26). The van der Waals surface area contributed by atoms with Crippen LogP contribution in [0.2, 0.25) is 0 Å². The number of hydrogen-bond donors (Lipinski definition) is 2. The third-order valence-electron chi connectivity index (χ3n) is 3.23. The smallest absolute Gasteiger partial charge is 0.416 e. The topological polar surface area (TPSA) is 93.7 Å². The number of hydrogen-bond acceptors (Lipinski definition) is 5. The maximum Gasteiger partial charge on any atom is 0.416 e. The van der Waals surface area contributed by atoms with Crippen LogP contribution in [0.3, 0.4) is 0 Å². The average molecular weight is 396 g/mol. The van der Waals surface area contributed by atoms with Crippen molar-refractivity contribution in [2.45, 2.75) is 6.18 Å². The van der Waals surface area contributed by atoms with Gasteiger partial charge in [0, 0.05) is 5.56 Å². The lowest BCUT2D eigenvalue weighted by atomic mass is 10.2. The first-order chi connectivity index (χ1) is 13.3. The number of alkyl halides is 3. The fourth-order valence-corrected chi connectivity index (χ4v) is 1.92. The molecule has 0 fully saturated rings. The van der Waals surface area contributed by atoms with Gasteiger partial charge in [-0.25, -0.2) is 4.79 Å². The molecule has 2 aromatic rings. The molecule has 0 aliphatic rings. The molecule has 7 nitrogen and oxygen atoms in total. The molecule has 0 aliphatic heterocycles. The Kier molecular flexibility index (Phi) is 6.96. The van der Waals surface area contributed by atoms with E-state index in [1.165, 1.54) is 18.2 Å². The van der Waals surface area contributed by atoms with Crippen molar-refractivity contribution in [3.63, 3.8) is 0 Å². The fraction of sp³-hybridized carbons (Fsp3) is 0.167. The van der Waals surface area contributed by atoms with Gasteiger partial charge in [-0.15, -0.1) is 0 Å². The van der Waals surface area contributed by atoms with Crippen LogP contribution in [0, 0.1) is 0 Å². The zero-order valence-electron chi connectivity index (χ0n) is 14.3. The molecule has 0 bridgehead atoms. The first-order valence-electron chi connectivity index (χ1n) is 7.85. The molecule has 0 spiro atoms. The largest absolute Gasteiger partial charge is 0.482 e. The lowest BCUT2D eigenvalue weighted by molar-refractivity contribution is -0.150. The number of nitrogens with one attached hydrogen (secondary N) is 2. The van der Waals surface area contributed by atoms with E-state index in [0.717, 1.165) is 18.2 Å². The van der Waals surface area contributed by atoms with Crippen LogP contribution in [0.1, 0.15) is 15.9 Å². The van der Waals surface area contributed by atoms with E-state index in [1.54, 1.807) is 18.2 Å². The monoisotopic (exact) mass is 396 g/mol. The molecule has 2 rings (SSSR count). The predicted octanol–water partition coefficient (Wildman–Crippen LogP) is 2.09. The molecule has 0 saturated heterocycles. The second-order valence-corrected chi connectivity index (χ2v) is 5.34. The number of esters is 1. The Labute approximate surface area is 157 Å². The average Bonchev–Trinajstić information content (AvgIpc) is 2.69. The van der Waals surface area contributed by atoms with Crippen molar-refractivity contribution >= 4 is 17.8 Å². The molecule has 0 aromatic heterocycles. The van der Waals surface area contributed by atoms with E-state index in [9.17, 15) is 27.6 Å². The van der Waals surface area contributed by atoms with Gasteiger partial charge in [-0.2, -0.15) is 13.2 Å². The van der Waals surface area contributed by atoms with Crippen LogP contribution in [-0.4, -0.2) is 31.0 Å². The van der Waals surface area contributed by atoms with E-state index in [0.29, 0.717) is 5.56 Å². The number of halogens is 3. The summed E-state index contributed by atoms with van der Waals surface area (Å²) in [5.41, 5.74) is 3.58. The summed E-state index contributed by atoms with van der Waals surface area (Å²) >= 11 is 0. The molecule has 0 aliphatic carbocycles. The quantitative estimate of drug-likeness (QED) is 0.576. The van der Waals surface area contributed by atoms with E-state index >= 15 is 0 Å². The first-order valence-corrected chi connectivity index (χ1v) is 7.85. The predicted molar refractivity (Wildman–Crippen MR) is 89.9 cm³/mol. The Bertz CT molecular complexity index is 841. The van der Waals surface area contributed by atoms with Crippen molar-refractivity contribution in [1.29, 1.82) is 0 Å². The molecule has 0 saturated carbocycles. The summed E-state index contributed by atoms with van der Waals surface area (Å²) in [4.78, 5) is 34.8. The highest BCUT2D eigenvalue weighted by Crippen LogP contribution is 2.31. The number of carbonyl (C=O) groups excluding carboxylic acids is 3. The summed E-state index contributed by atoms with van der Waals surface area (Å²) in [7, 11) is 0. The second-order valence-electron chi connectivity index (χ2n) is 5.34. The van der Waals surface area contributed by atoms with Crippen LogP contribution in [0.4, 0.5) is 13.2 Å². The van der Waals surface area contributed by atoms with Gasteiger partial charge >= 0.3 is 12.1 Å². The van der Waals surface area contributed by atoms with Crippen LogP contribution in [0.5, 0.6) is 5.75 Å². The van der Waals surface area contributed by atoms with Crippen LogP contribution in [0.25, 0.3) is 0 Å². The van der Waals surface area contributed by atoms with Crippen molar-refractivity contribution < 1.29 is 37.0 Å². The Hall–Kier alpha value is -3.56. The van der Waals surface area contributed by atoms with Gasteiger partial charge in [0.1, 0.15) is 5.75 Å². The van der Waals surface area contributed by atoms with Crippen LogP contribution >= 0.6 is 0 Å². The summed E-state index contributed by atoms with van der Waals surface area (Å²) in [5, 5.41) is 0. The fourth-order valence-electron chi connectivity index (χ4n) is 1.92. The van der Waals surface area contributed by atoms with E-state index in [4.69, 9.17) is 4.74 Å². The van der Waals surface area contributed by atoms with Gasteiger partial charge in [-0.05, 0) is 30.3 Å². The number of hydrazine groups is 1. The van der Waals surface area contributed by atoms with Crippen molar-refractivity contribution in [2.75, 3.05) is 13.2 Å². The van der Waals surface area contributed by atoms with Crippen molar-refractivity contribution in [1.82, 2.24) is 10.9 Å². The molecular formula is C18H15F3N2O5. The number of carbonyl (C=O) groups is 3. The molecule has 148 valence electrons. The minimum Gasteiger partial charge on any atom is -0.482 e. The number of rotatable bonds is 6. The highest BCUT2D eigenvalue weighted by atomic mass is 19.4. The molecule has 0 atom stereocenters. The first kappa shape index (κ1) is 20.7. The zero-order chi connectivity index (χ0) is 20.6. The van der Waals surface area contributed by atoms with Gasteiger partial charge in [0.15, 0.2) is 13.2 Å². The minimum atomic E-state index is -4.54. The summed E-state index contributed by atoms with van der Waals surface area (Å²) in [6.45, 7) is -1.40. The van der Waals surface area contributed by atoms with E-state index in [1.807, 2.05) is 0 Å². The lowest BCUT2D eigenvalue weighted by Gasteiger charge is -2.10. The highest BCUT2D eigenvalue weighted by Gasteiger charge is 2.30. The van der Waals surface area contributed by atoms with Gasteiger partial charge in [0.2, 0.25) is 0 Å². The molecule has 10 heteroatoms. The number of ether oxygens (including phenoxy) is 2. The normalized spacial score (nSPS) is 10.7. The molecule has 2 aromatic carbocycles.